The third-order valence-electron chi connectivity index (χ3n) is 3.37. The second-order valence-corrected chi connectivity index (χ2v) is 4.69. The Kier molecular flexibility index (Phi) is 3.06. The average Bonchev–Trinajstić information content (AvgIpc) is 2.91. The van der Waals surface area contributed by atoms with Crippen molar-refractivity contribution in [2.45, 2.75) is 57.0 Å². The summed E-state index contributed by atoms with van der Waals surface area (Å²) in [7, 11) is 0. The standard InChI is InChI=1S/C11H19NO2/c13-11(14)7-8-3-1-2-4-10(8)12-9-5-6-9/h8-10,12H,1-7H2,(H,13,14). The maximum atomic E-state index is 10.7. The van der Waals surface area contributed by atoms with Crippen LogP contribution in [0.1, 0.15) is 44.9 Å². The second kappa shape index (κ2) is 4.30. The smallest absolute Gasteiger partial charge is 0.303 e. The van der Waals surface area contributed by atoms with Crippen LogP contribution in [0.4, 0.5) is 0 Å². The minimum atomic E-state index is -0.639. The summed E-state index contributed by atoms with van der Waals surface area (Å²) in [6.07, 6.45) is 7.67. The van der Waals surface area contributed by atoms with Crippen LogP contribution in [0, 0.1) is 5.92 Å². The first kappa shape index (κ1) is 9.97. The Labute approximate surface area is 84.9 Å². The molecule has 0 aromatic carbocycles. The van der Waals surface area contributed by atoms with E-state index >= 15 is 0 Å². The van der Waals surface area contributed by atoms with Gasteiger partial charge in [0.15, 0.2) is 0 Å². The van der Waals surface area contributed by atoms with E-state index in [4.69, 9.17) is 5.11 Å². The van der Waals surface area contributed by atoms with E-state index in [0.29, 0.717) is 24.4 Å². The van der Waals surface area contributed by atoms with Gasteiger partial charge in [-0.3, -0.25) is 4.79 Å². The van der Waals surface area contributed by atoms with Crippen LogP contribution < -0.4 is 5.32 Å². The highest BCUT2D eigenvalue weighted by Gasteiger charge is 2.31. The summed E-state index contributed by atoms with van der Waals surface area (Å²) in [6.45, 7) is 0. The summed E-state index contributed by atoms with van der Waals surface area (Å²) in [5, 5.41) is 12.4. The normalized spacial score (nSPS) is 32.9. The maximum Gasteiger partial charge on any atom is 0.303 e. The van der Waals surface area contributed by atoms with E-state index in [-0.39, 0.29) is 0 Å². The molecule has 2 unspecified atom stereocenters. The molecule has 2 saturated carbocycles. The summed E-state index contributed by atoms with van der Waals surface area (Å²) >= 11 is 0. The zero-order valence-corrected chi connectivity index (χ0v) is 8.54. The van der Waals surface area contributed by atoms with Gasteiger partial charge in [-0.15, -0.1) is 0 Å². The summed E-state index contributed by atoms with van der Waals surface area (Å²) in [6, 6.07) is 1.18. The largest absolute Gasteiger partial charge is 0.481 e. The van der Waals surface area contributed by atoms with Gasteiger partial charge < -0.3 is 10.4 Å². The fourth-order valence-corrected chi connectivity index (χ4v) is 2.45. The first-order valence-corrected chi connectivity index (χ1v) is 5.73. The molecular formula is C11H19NO2. The SMILES string of the molecule is O=C(O)CC1CCCCC1NC1CC1. The zero-order chi connectivity index (χ0) is 9.97. The van der Waals surface area contributed by atoms with E-state index in [1.165, 1.54) is 32.1 Å². The van der Waals surface area contributed by atoms with Crippen molar-refractivity contribution >= 4 is 5.97 Å². The number of hydrogen-bond acceptors (Lipinski definition) is 2. The highest BCUT2D eigenvalue weighted by Crippen LogP contribution is 2.30. The third-order valence-corrected chi connectivity index (χ3v) is 3.37. The molecule has 2 aliphatic carbocycles. The van der Waals surface area contributed by atoms with Crippen molar-refractivity contribution in [2.24, 2.45) is 5.92 Å². The highest BCUT2D eigenvalue weighted by atomic mass is 16.4. The van der Waals surface area contributed by atoms with Crippen molar-refractivity contribution in [1.82, 2.24) is 5.32 Å². The van der Waals surface area contributed by atoms with Crippen molar-refractivity contribution in [3.63, 3.8) is 0 Å². The lowest BCUT2D eigenvalue weighted by Gasteiger charge is -2.31. The fourth-order valence-electron chi connectivity index (χ4n) is 2.45. The lowest BCUT2D eigenvalue weighted by molar-refractivity contribution is -0.138. The molecule has 0 saturated heterocycles. The molecule has 2 aliphatic rings. The molecule has 0 aromatic heterocycles. The van der Waals surface area contributed by atoms with Crippen molar-refractivity contribution in [1.29, 1.82) is 0 Å². The van der Waals surface area contributed by atoms with Gasteiger partial charge in [0.05, 0.1) is 0 Å². The van der Waals surface area contributed by atoms with E-state index in [1.807, 2.05) is 0 Å². The van der Waals surface area contributed by atoms with Gasteiger partial charge in [0.1, 0.15) is 0 Å². The molecule has 2 fully saturated rings. The number of carbonyl (C=O) groups is 1. The molecule has 80 valence electrons. The molecule has 3 heteroatoms. The molecule has 14 heavy (non-hydrogen) atoms. The van der Waals surface area contributed by atoms with E-state index in [0.717, 1.165) is 6.42 Å². The van der Waals surface area contributed by atoms with Crippen LogP contribution >= 0.6 is 0 Å². The van der Waals surface area contributed by atoms with Crippen LogP contribution in [0.3, 0.4) is 0 Å². The van der Waals surface area contributed by atoms with Gasteiger partial charge in [-0.1, -0.05) is 12.8 Å². The van der Waals surface area contributed by atoms with Crippen LogP contribution in [0.2, 0.25) is 0 Å². The summed E-state index contributed by atoms with van der Waals surface area (Å²) in [5.74, 6) is -0.263. The predicted octanol–water partition coefficient (Wildman–Crippen LogP) is 1.77. The van der Waals surface area contributed by atoms with Gasteiger partial charge in [0, 0.05) is 18.5 Å². The molecule has 2 N–H and O–H groups in total. The van der Waals surface area contributed by atoms with Gasteiger partial charge in [-0.2, -0.15) is 0 Å². The van der Waals surface area contributed by atoms with E-state index in [9.17, 15) is 4.79 Å². The first-order chi connectivity index (χ1) is 6.75. The first-order valence-electron chi connectivity index (χ1n) is 5.73. The summed E-state index contributed by atoms with van der Waals surface area (Å²) in [5.41, 5.74) is 0. The molecule has 0 heterocycles. The van der Waals surface area contributed by atoms with Gasteiger partial charge >= 0.3 is 5.97 Å². The van der Waals surface area contributed by atoms with E-state index in [2.05, 4.69) is 5.32 Å². The number of carboxylic acids is 1. The Morgan fingerprint density at radius 1 is 1.21 bits per heavy atom. The Morgan fingerprint density at radius 3 is 2.57 bits per heavy atom. The lowest BCUT2D eigenvalue weighted by atomic mass is 9.82. The zero-order valence-electron chi connectivity index (χ0n) is 8.54. The topological polar surface area (TPSA) is 49.3 Å². The molecule has 3 nitrogen and oxygen atoms in total. The van der Waals surface area contributed by atoms with Crippen molar-refractivity contribution in [3.8, 4) is 0 Å². The predicted molar refractivity (Wildman–Crippen MR) is 54.2 cm³/mol. The van der Waals surface area contributed by atoms with Crippen LogP contribution in [0.15, 0.2) is 0 Å². The Balaban J connectivity index is 1.84. The van der Waals surface area contributed by atoms with Gasteiger partial charge in [0.25, 0.3) is 0 Å². The fraction of sp³-hybridized carbons (Fsp3) is 0.909. The van der Waals surface area contributed by atoms with Crippen molar-refractivity contribution in [2.75, 3.05) is 0 Å². The monoisotopic (exact) mass is 197 g/mol. The minimum Gasteiger partial charge on any atom is -0.481 e. The van der Waals surface area contributed by atoms with Crippen LogP contribution in [-0.4, -0.2) is 23.2 Å². The maximum absolute atomic E-state index is 10.7. The van der Waals surface area contributed by atoms with E-state index < -0.39 is 5.97 Å². The molecule has 0 bridgehead atoms. The Morgan fingerprint density at radius 2 is 1.93 bits per heavy atom. The van der Waals surface area contributed by atoms with Crippen molar-refractivity contribution < 1.29 is 9.90 Å². The Bertz CT molecular complexity index is 213. The number of aliphatic carboxylic acids is 1. The minimum absolute atomic E-state index is 0.352. The quantitative estimate of drug-likeness (QED) is 0.722. The molecule has 0 radical (unpaired) electrons. The summed E-state index contributed by atoms with van der Waals surface area (Å²) < 4.78 is 0. The number of hydrogen-bond donors (Lipinski definition) is 2. The lowest BCUT2D eigenvalue weighted by Crippen LogP contribution is -2.40. The van der Waals surface area contributed by atoms with Gasteiger partial charge in [-0.25, -0.2) is 0 Å². The van der Waals surface area contributed by atoms with Gasteiger partial charge in [-0.05, 0) is 31.6 Å². The molecule has 0 aromatic rings. The highest BCUT2D eigenvalue weighted by molar-refractivity contribution is 5.67. The molecule has 0 aliphatic heterocycles. The molecular weight excluding hydrogens is 178 g/mol. The third kappa shape index (κ3) is 2.71. The second-order valence-electron chi connectivity index (χ2n) is 4.69. The molecule has 2 atom stereocenters. The Hall–Kier alpha value is -0.570. The number of nitrogens with one attached hydrogen (secondary N) is 1. The van der Waals surface area contributed by atoms with Gasteiger partial charge in [0.2, 0.25) is 0 Å². The van der Waals surface area contributed by atoms with Crippen molar-refractivity contribution in [3.05, 3.63) is 0 Å². The number of rotatable bonds is 4. The summed E-state index contributed by atoms with van der Waals surface area (Å²) in [4.78, 5) is 10.7. The van der Waals surface area contributed by atoms with Crippen LogP contribution in [0.25, 0.3) is 0 Å². The molecule has 2 rings (SSSR count). The molecule has 0 amide bonds. The van der Waals surface area contributed by atoms with Crippen LogP contribution in [-0.2, 0) is 4.79 Å². The van der Waals surface area contributed by atoms with E-state index in [1.54, 1.807) is 0 Å². The average molecular weight is 197 g/mol. The number of carboxylic acid groups (broad SMARTS) is 1. The van der Waals surface area contributed by atoms with Crippen LogP contribution in [0.5, 0.6) is 0 Å². The molecule has 0 spiro atoms.